The van der Waals surface area contributed by atoms with E-state index in [1.807, 2.05) is 39.8 Å². The summed E-state index contributed by atoms with van der Waals surface area (Å²) in [5, 5.41) is 5.41. The molecule has 6 heterocycles. The van der Waals surface area contributed by atoms with Crippen LogP contribution in [0.4, 0.5) is 9.59 Å². The molecule has 0 radical (unpaired) electrons. The topological polar surface area (TPSA) is 193 Å². The number of alkyl carbamates (subject to hydrolysis) is 2. The van der Waals surface area contributed by atoms with Gasteiger partial charge in [0.1, 0.15) is 69.0 Å². The van der Waals surface area contributed by atoms with Crippen molar-refractivity contribution in [1.29, 1.82) is 0 Å². The summed E-state index contributed by atoms with van der Waals surface area (Å²) in [6.07, 6.45) is 1.78. The third kappa shape index (κ3) is 7.60. The fourth-order valence-corrected chi connectivity index (χ4v) is 9.82. The number of H-pyrrole nitrogens is 2. The number of benzene rings is 2. The maximum atomic E-state index is 13.8. The molecule has 318 valence electrons. The smallest absolute Gasteiger partial charge is 0.407 e. The maximum absolute atomic E-state index is 13.8. The number of carbonyl (C=O) groups excluding carboxylic acids is 4. The van der Waals surface area contributed by atoms with Gasteiger partial charge in [-0.05, 0) is 93.6 Å². The first-order valence-corrected chi connectivity index (χ1v) is 21.8. The Labute approximate surface area is 364 Å². The number of carbonyl (C=O) groups is 4. The van der Waals surface area contributed by atoms with E-state index in [9.17, 15) is 19.2 Å². The summed E-state index contributed by atoms with van der Waals surface area (Å²) in [4.78, 5) is 72.0. The number of methoxy groups -OCH3 is 2. The van der Waals surface area contributed by atoms with E-state index in [1.165, 1.54) is 14.2 Å². The Morgan fingerprint density at radius 2 is 1.10 bits per heavy atom. The summed E-state index contributed by atoms with van der Waals surface area (Å²) >= 11 is 7.41. The molecule has 0 unspecified atom stereocenters. The lowest BCUT2D eigenvalue weighted by Crippen LogP contribution is -2.51. The van der Waals surface area contributed by atoms with Crippen LogP contribution < -0.4 is 20.1 Å². The number of likely N-dealkylation sites (tertiary alicyclic amines) is 2. The first kappa shape index (κ1) is 41.6. The van der Waals surface area contributed by atoms with E-state index >= 15 is 0 Å². The van der Waals surface area contributed by atoms with E-state index in [0.29, 0.717) is 58.5 Å². The summed E-state index contributed by atoms with van der Waals surface area (Å²) in [6, 6.07) is 6.09. The van der Waals surface area contributed by atoms with Crippen LogP contribution in [-0.2, 0) is 32.3 Å². The number of rotatable bonds is 10. The van der Waals surface area contributed by atoms with Crippen molar-refractivity contribution in [3.63, 3.8) is 0 Å². The van der Waals surface area contributed by atoms with E-state index in [-0.39, 0.29) is 35.7 Å². The van der Waals surface area contributed by atoms with E-state index in [0.717, 1.165) is 70.6 Å². The third-order valence-corrected chi connectivity index (χ3v) is 12.9. The third-order valence-electron chi connectivity index (χ3n) is 11.8. The average Bonchev–Trinajstić information content (AvgIpc) is 4.06. The Hall–Kier alpha value is -5.10. The molecule has 2 saturated heterocycles. The van der Waals surface area contributed by atoms with Gasteiger partial charge in [-0.1, -0.05) is 27.7 Å². The summed E-state index contributed by atoms with van der Waals surface area (Å²) in [7, 11) is 2.56. The van der Waals surface area contributed by atoms with Crippen LogP contribution in [0.25, 0.3) is 33.6 Å². The van der Waals surface area contributed by atoms with Crippen molar-refractivity contribution in [3.05, 3.63) is 56.2 Å². The van der Waals surface area contributed by atoms with Crippen molar-refractivity contribution in [1.82, 2.24) is 40.4 Å². The van der Waals surface area contributed by atoms with Crippen molar-refractivity contribution in [2.45, 2.75) is 90.8 Å². The minimum atomic E-state index is -0.731. The zero-order valence-corrected chi connectivity index (χ0v) is 37.4. The van der Waals surface area contributed by atoms with Crippen LogP contribution in [-0.4, -0.2) is 93.1 Å². The number of hydrogen-bond acceptors (Lipinski definition) is 10. The summed E-state index contributed by atoms with van der Waals surface area (Å²) in [5.41, 5.74) is 6.92. The summed E-state index contributed by atoms with van der Waals surface area (Å²) in [5.74, 6) is 2.14. The van der Waals surface area contributed by atoms with Gasteiger partial charge in [0.05, 0.1) is 26.3 Å². The summed E-state index contributed by atoms with van der Waals surface area (Å²) < 4.78 is 23.9. The number of nitrogens with one attached hydrogen (secondary N) is 4. The summed E-state index contributed by atoms with van der Waals surface area (Å²) in [6.45, 7) is 9.28. The highest BCUT2D eigenvalue weighted by molar-refractivity contribution is 9.10. The van der Waals surface area contributed by atoms with Gasteiger partial charge in [-0.3, -0.25) is 9.59 Å². The van der Waals surface area contributed by atoms with Gasteiger partial charge in [-0.2, -0.15) is 0 Å². The Morgan fingerprint density at radius 3 is 1.47 bits per heavy atom. The maximum Gasteiger partial charge on any atom is 0.407 e. The van der Waals surface area contributed by atoms with Gasteiger partial charge in [0.25, 0.3) is 0 Å². The predicted molar refractivity (Wildman–Crippen MR) is 227 cm³/mol. The molecule has 2 aromatic heterocycles. The fraction of sp³-hybridized carbons (Fsp3) is 0.476. The van der Waals surface area contributed by atoms with Gasteiger partial charge < -0.3 is 49.3 Å². The number of amides is 4. The van der Waals surface area contributed by atoms with E-state index < -0.39 is 24.3 Å². The molecule has 0 spiro atoms. The van der Waals surface area contributed by atoms with Gasteiger partial charge >= 0.3 is 12.2 Å². The zero-order chi connectivity index (χ0) is 42.6. The van der Waals surface area contributed by atoms with E-state index in [2.05, 4.69) is 64.6 Å². The van der Waals surface area contributed by atoms with Gasteiger partial charge in [0.15, 0.2) is 0 Å². The highest BCUT2D eigenvalue weighted by Gasteiger charge is 2.40. The monoisotopic (exact) mass is 950 g/mol. The molecule has 0 saturated carbocycles. The van der Waals surface area contributed by atoms with Crippen LogP contribution in [0.1, 0.15) is 88.2 Å². The second-order valence-electron chi connectivity index (χ2n) is 16.3. The number of hydrogen-bond donors (Lipinski definition) is 4. The molecule has 4 amide bonds. The number of ether oxygens (including phenoxy) is 4. The molecule has 4 aliphatic heterocycles. The Kier molecular flexibility index (Phi) is 11.6. The molecule has 2 fully saturated rings. The minimum Gasteiger partial charge on any atom is -0.488 e. The number of halogens is 2. The lowest BCUT2D eigenvalue weighted by molar-refractivity contribution is -0.136. The molecule has 4 aromatic rings. The van der Waals surface area contributed by atoms with E-state index in [1.54, 1.807) is 9.80 Å². The van der Waals surface area contributed by atoms with Crippen LogP contribution in [0.2, 0.25) is 0 Å². The minimum absolute atomic E-state index is 0.141. The molecular formula is C42H48Br2N8O8. The second kappa shape index (κ2) is 16.7. The van der Waals surface area contributed by atoms with Crippen LogP contribution in [0.5, 0.6) is 11.5 Å². The number of aromatic nitrogens is 4. The van der Waals surface area contributed by atoms with E-state index in [4.69, 9.17) is 28.9 Å². The first-order valence-electron chi connectivity index (χ1n) is 20.2. The molecule has 8 rings (SSSR count). The predicted octanol–water partition coefficient (Wildman–Crippen LogP) is 7.53. The second-order valence-corrected chi connectivity index (χ2v) is 17.8. The molecule has 0 aliphatic carbocycles. The highest BCUT2D eigenvalue weighted by Crippen LogP contribution is 2.51. The van der Waals surface area contributed by atoms with Crippen LogP contribution >= 0.6 is 31.9 Å². The number of aromatic amines is 2. The Bertz CT molecular complexity index is 2150. The highest BCUT2D eigenvalue weighted by atomic mass is 79.9. The number of imidazole rings is 2. The van der Waals surface area contributed by atoms with Crippen molar-refractivity contribution >= 4 is 55.9 Å². The van der Waals surface area contributed by atoms with Crippen molar-refractivity contribution < 1.29 is 38.1 Å². The molecule has 2 aromatic carbocycles. The lowest BCUT2D eigenvalue weighted by atomic mass is 9.87. The van der Waals surface area contributed by atoms with Gasteiger partial charge in [-0.15, -0.1) is 0 Å². The Balaban J connectivity index is 1.05. The van der Waals surface area contributed by atoms with Crippen LogP contribution in [0.15, 0.2) is 33.5 Å². The lowest BCUT2D eigenvalue weighted by Gasteiger charge is -2.30. The van der Waals surface area contributed by atoms with Crippen molar-refractivity contribution in [2.24, 2.45) is 11.8 Å². The molecule has 4 N–H and O–H groups in total. The molecule has 4 atom stereocenters. The molecular weight excluding hydrogens is 904 g/mol. The zero-order valence-electron chi connectivity index (χ0n) is 34.2. The van der Waals surface area contributed by atoms with Crippen LogP contribution in [0.3, 0.4) is 0 Å². The normalized spacial score (nSPS) is 18.8. The first-order chi connectivity index (χ1) is 28.8. The standard InChI is InChI=1S/C42H48Br2N8O8/c1-19(2)31(47-41(55)57-5)39(53)51-11-7-9-25(51)37-45-33(35(43)49-37)21-13-23-17-60-28-16-22(14-24-18-59-27(15-21)29(23)30(24)28)34-36(44)50-38(46-34)26-10-8-12-52(26)40(54)32(20(3)4)48-42(56)58-6/h13-16,19-20,25-26,31-32H,7-12,17-18H2,1-6H3,(H,45,49)(H,46,50)(H,47,55)(H,48,56)/t25-,26-,31-,32-/m0/s1. The van der Waals surface area contributed by atoms with Crippen molar-refractivity contribution in [3.8, 4) is 45.1 Å². The van der Waals surface area contributed by atoms with Gasteiger partial charge in [-0.25, -0.2) is 19.6 Å². The number of nitrogens with zero attached hydrogens (tertiary/aromatic N) is 4. The molecule has 60 heavy (non-hydrogen) atoms. The molecule has 4 aliphatic rings. The molecule has 16 nitrogen and oxygen atoms in total. The SMILES string of the molecule is COC(=O)N[C@H](C(=O)N1CCC[C@H]1c1nc(-c2cc3c4c(c2)OCc2cc(-c5nc([C@@H]6CCCN6C(=O)[C@@H](NC(=O)OC)C(C)C)[nH]c5Br)cc(c2-4)OC3)c(Br)[nH]1)C(C)C. The molecule has 0 bridgehead atoms. The largest absolute Gasteiger partial charge is 0.488 e. The molecule has 18 heteroatoms. The van der Waals surface area contributed by atoms with Gasteiger partial charge in [0.2, 0.25) is 11.8 Å². The van der Waals surface area contributed by atoms with Gasteiger partial charge in [0, 0.05) is 46.5 Å². The Morgan fingerprint density at radius 1 is 0.700 bits per heavy atom. The average molecular weight is 953 g/mol. The van der Waals surface area contributed by atoms with Crippen LogP contribution in [0, 0.1) is 11.8 Å². The quantitative estimate of drug-likeness (QED) is 0.124. The van der Waals surface area contributed by atoms with Crippen molar-refractivity contribution in [2.75, 3.05) is 27.3 Å². The fourth-order valence-electron chi connectivity index (χ4n) is 8.78.